The lowest BCUT2D eigenvalue weighted by Gasteiger charge is -2.34. The molecule has 2 heterocycles. The van der Waals surface area contributed by atoms with Crippen molar-refractivity contribution < 1.29 is 23.8 Å². The van der Waals surface area contributed by atoms with Crippen LogP contribution >= 0.6 is 0 Å². The zero-order valence-electron chi connectivity index (χ0n) is 15.6. The third-order valence-corrected chi connectivity index (χ3v) is 5.17. The van der Waals surface area contributed by atoms with Gasteiger partial charge in [-0.15, -0.1) is 0 Å². The van der Waals surface area contributed by atoms with Crippen molar-refractivity contribution in [3.8, 4) is 11.5 Å². The molecule has 1 N–H and O–H groups in total. The van der Waals surface area contributed by atoms with Crippen molar-refractivity contribution >= 4 is 11.8 Å². The summed E-state index contributed by atoms with van der Waals surface area (Å²) in [4.78, 5) is 25.6. The van der Waals surface area contributed by atoms with E-state index in [4.69, 9.17) is 14.2 Å². The van der Waals surface area contributed by atoms with Crippen LogP contribution in [0.1, 0.15) is 44.6 Å². The molecule has 4 rings (SSSR count). The van der Waals surface area contributed by atoms with Gasteiger partial charge >= 0.3 is 5.97 Å². The van der Waals surface area contributed by atoms with Gasteiger partial charge in [0.1, 0.15) is 13.2 Å². The smallest absolute Gasteiger partial charge is 0.336 e. The molecule has 1 aromatic carbocycles. The molecule has 0 bridgehead atoms. The number of Topliss-reactive ketones (excluding diaryl/α,β-unsaturated/α-hetero) is 1. The minimum absolute atomic E-state index is 0.0814. The highest BCUT2D eigenvalue weighted by molar-refractivity contribution is 6.03. The van der Waals surface area contributed by atoms with Crippen molar-refractivity contribution in [3.63, 3.8) is 0 Å². The van der Waals surface area contributed by atoms with Crippen LogP contribution in [0.5, 0.6) is 11.5 Å². The summed E-state index contributed by atoms with van der Waals surface area (Å²) in [7, 11) is 0. The quantitative estimate of drug-likeness (QED) is 0.826. The first-order chi connectivity index (χ1) is 13.1. The number of esters is 1. The normalized spacial score (nSPS) is 21.6. The second kappa shape index (κ2) is 7.10. The molecule has 0 radical (unpaired) electrons. The Balaban J connectivity index is 1.85. The summed E-state index contributed by atoms with van der Waals surface area (Å²) in [6.07, 6.45) is 2.12. The average Bonchev–Trinajstić information content (AvgIpc) is 2.67. The van der Waals surface area contributed by atoms with Crippen molar-refractivity contribution in [2.75, 3.05) is 19.8 Å². The summed E-state index contributed by atoms with van der Waals surface area (Å²) >= 11 is 0. The number of ketones is 1. The number of carbonyl (C=O) groups excluding carboxylic acids is 2. The van der Waals surface area contributed by atoms with Crippen LogP contribution in [0.3, 0.4) is 0 Å². The van der Waals surface area contributed by atoms with Crippen LogP contribution < -0.4 is 14.8 Å². The first-order valence-electron chi connectivity index (χ1n) is 9.40. The Hall–Kier alpha value is -2.76. The van der Waals surface area contributed by atoms with Gasteiger partial charge in [-0.2, -0.15) is 0 Å². The Morgan fingerprint density at radius 3 is 2.78 bits per heavy atom. The molecule has 1 atom stereocenters. The molecule has 6 nitrogen and oxygen atoms in total. The summed E-state index contributed by atoms with van der Waals surface area (Å²) in [6.45, 7) is 4.92. The molecule has 0 unspecified atom stereocenters. The van der Waals surface area contributed by atoms with Gasteiger partial charge in [-0.1, -0.05) is 6.07 Å². The van der Waals surface area contributed by atoms with Crippen LogP contribution in [0.25, 0.3) is 0 Å². The molecule has 0 fully saturated rings. The molecule has 0 saturated carbocycles. The molecule has 0 saturated heterocycles. The van der Waals surface area contributed by atoms with E-state index in [2.05, 4.69) is 5.32 Å². The number of hydrogen-bond acceptors (Lipinski definition) is 6. The summed E-state index contributed by atoms with van der Waals surface area (Å²) in [6, 6.07) is 5.63. The van der Waals surface area contributed by atoms with Gasteiger partial charge in [0.25, 0.3) is 0 Å². The van der Waals surface area contributed by atoms with Gasteiger partial charge in [-0.25, -0.2) is 4.79 Å². The monoisotopic (exact) mass is 369 g/mol. The van der Waals surface area contributed by atoms with E-state index in [0.29, 0.717) is 42.3 Å². The predicted octanol–water partition coefficient (Wildman–Crippen LogP) is 2.99. The summed E-state index contributed by atoms with van der Waals surface area (Å²) in [5.74, 6) is 0.555. The van der Waals surface area contributed by atoms with E-state index >= 15 is 0 Å². The van der Waals surface area contributed by atoms with E-state index in [1.165, 1.54) is 0 Å². The van der Waals surface area contributed by atoms with Crippen LogP contribution in [0.4, 0.5) is 0 Å². The first kappa shape index (κ1) is 17.6. The van der Waals surface area contributed by atoms with Crippen molar-refractivity contribution in [1.82, 2.24) is 5.32 Å². The van der Waals surface area contributed by atoms with Crippen molar-refractivity contribution in [2.45, 2.75) is 39.0 Å². The Morgan fingerprint density at radius 1 is 1.22 bits per heavy atom. The van der Waals surface area contributed by atoms with Gasteiger partial charge in [-0.3, -0.25) is 4.79 Å². The molecule has 6 heteroatoms. The van der Waals surface area contributed by atoms with Crippen LogP contribution in [0.2, 0.25) is 0 Å². The van der Waals surface area contributed by atoms with E-state index in [1.54, 1.807) is 6.92 Å². The lowest BCUT2D eigenvalue weighted by Crippen LogP contribution is -2.34. The fourth-order valence-corrected chi connectivity index (χ4v) is 4.04. The highest BCUT2D eigenvalue weighted by Crippen LogP contribution is 2.44. The Labute approximate surface area is 158 Å². The van der Waals surface area contributed by atoms with Crippen LogP contribution in [0, 0.1) is 0 Å². The fraction of sp³-hybridized carbons (Fsp3) is 0.429. The second-order valence-electron chi connectivity index (χ2n) is 6.89. The maximum Gasteiger partial charge on any atom is 0.336 e. The summed E-state index contributed by atoms with van der Waals surface area (Å²) in [5.41, 5.74) is 3.65. The minimum Gasteiger partial charge on any atom is -0.486 e. The molecule has 3 aliphatic rings. The van der Waals surface area contributed by atoms with Crippen molar-refractivity contribution in [3.05, 3.63) is 46.3 Å². The number of dihydropyridines is 1. The van der Waals surface area contributed by atoms with Gasteiger partial charge in [0.2, 0.25) is 0 Å². The highest BCUT2D eigenvalue weighted by Gasteiger charge is 2.39. The molecule has 0 aromatic heterocycles. The predicted molar refractivity (Wildman–Crippen MR) is 98.5 cm³/mol. The van der Waals surface area contributed by atoms with E-state index in [9.17, 15) is 9.59 Å². The Kier molecular flexibility index (Phi) is 4.64. The van der Waals surface area contributed by atoms with Crippen LogP contribution in [-0.4, -0.2) is 31.6 Å². The Morgan fingerprint density at radius 2 is 2.00 bits per heavy atom. The maximum absolute atomic E-state index is 12.8. The van der Waals surface area contributed by atoms with E-state index in [-0.39, 0.29) is 12.4 Å². The summed E-state index contributed by atoms with van der Waals surface area (Å²) < 4.78 is 16.6. The molecule has 2 aliphatic heterocycles. The number of hydrogen-bond donors (Lipinski definition) is 1. The zero-order valence-corrected chi connectivity index (χ0v) is 15.6. The lowest BCUT2D eigenvalue weighted by atomic mass is 9.75. The van der Waals surface area contributed by atoms with Gasteiger partial charge < -0.3 is 19.5 Å². The van der Waals surface area contributed by atoms with E-state index in [0.717, 1.165) is 29.8 Å². The summed E-state index contributed by atoms with van der Waals surface area (Å²) in [5, 5.41) is 3.28. The number of benzene rings is 1. The van der Waals surface area contributed by atoms with Crippen molar-refractivity contribution in [2.24, 2.45) is 0 Å². The third kappa shape index (κ3) is 3.09. The van der Waals surface area contributed by atoms with Gasteiger partial charge in [-0.05, 0) is 44.4 Å². The molecule has 27 heavy (non-hydrogen) atoms. The molecular formula is C21H23NO5. The molecule has 0 amide bonds. The molecular weight excluding hydrogens is 346 g/mol. The van der Waals surface area contributed by atoms with Crippen molar-refractivity contribution in [1.29, 1.82) is 0 Å². The number of ether oxygens (including phenoxy) is 3. The van der Waals surface area contributed by atoms with Gasteiger partial charge in [0.15, 0.2) is 17.3 Å². The number of nitrogens with one attached hydrogen (secondary N) is 1. The lowest BCUT2D eigenvalue weighted by molar-refractivity contribution is -0.138. The fourth-order valence-electron chi connectivity index (χ4n) is 4.04. The third-order valence-electron chi connectivity index (χ3n) is 5.17. The topological polar surface area (TPSA) is 73.9 Å². The molecule has 142 valence electrons. The van der Waals surface area contributed by atoms with Crippen LogP contribution in [-0.2, 0) is 14.3 Å². The van der Waals surface area contributed by atoms with E-state index < -0.39 is 11.9 Å². The molecule has 1 aliphatic carbocycles. The SMILES string of the molecule is CCOC(=O)C1=C(C)NC2=C(C(=O)CCC2)[C@@H]1c1ccc2c(c1)OCCO2. The first-order valence-corrected chi connectivity index (χ1v) is 9.40. The van der Waals surface area contributed by atoms with Gasteiger partial charge in [0, 0.05) is 29.3 Å². The number of fused-ring (bicyclic) bond motifs is 1. The number of carbonyl (C=O) groups is 2. The number of rotatable bonds is 3. The Bertz CT molecular complexity index is 867. The average molecular weight is 369 g/mol. The number of allylic oxidation sites excluding steroid dienone is 3. The maximum atomic E-state index is 12.8. The van der Waals surface area contributed by atoms with Gasteiger partial charge in [0.05, 0.1) is 12.2 Å². The minimum atomic E-state index is -0.455. The molecule has 0 spiro atoms. The highest BCUT2D eigenvalue weighted by atomic mass is 16.6. The van der Waals surface area contributed by atoms with Crippen LogP contribution in [0.15, 0.2) is 40.7 Å². The van der Waals surface area contributed by atoms with E-state index in [1.807, 2.05) is 25.1 Å². The second-order valence-corrected chi connectivity index (χ2v) is 6.89. The molecule has 1 aromatic rings. The zero-order chi connectivity index (χ0) is 19.0. The largest absolute Gasteiger partial charge is 0.486 e. The standard InChI is InChI=1S/C21H23NO5/c1-3-25-21(24)18-12(2)22-14-5-4-6-15(23)20(14)19(18)13-7-8-16-17(11-13)27-10-9-26-16/h7-8,11,19,22H,3-6,9-10H2,1-2H3/t19-/m1/s1.